The van der Waals surface area contributed by atoms with Crippen LogP contribution in [-0.2, 0) is 9.59 Å². The van der Waals surface area contributed by atoms with E-state index in [1.165, 1.54) is 38.5 Å². The minimum atomic E-state index is -0.516. The number of carboxylic acid groups (broad SMARTS) is 1. The number of carbonyl (C=O) groups excluding carboxylic acids is 1. The van der Waals surface area contributed by atoms with Gasteiger partial charge in [-0.1, -0.05) is 0 Å². The van der Waals surface area contributed by atoms with Gasteiger partial charge in [0.05, 0.1) is 10.8 Å². The van der Waals surface area contributed by atoms with Crippen LogP contribution in [0.25, 0.3) is 0 Å². The molecule has 29 heavy (non-hydrogen) atoms. The zero-order valence-corrected chi connectivity index (χ0v) is 18.2. The standard InChI is InChI=1S/C25H37NO3/c1-3-26(2)20(27)22-6-16-4-17(7-22)11-24(10-16,14-22)25-12-18-5-19(13-25)9-23(8-18,15-25)21(28)29/h16-19H,3-15H2,1-2H3,(H,28,29). The summed E-state index contributed by atoms with van der Waals surface area (Å²) in [7, 11) is 1.98. The molecule has 0 heterocycles. The Balaban J connectivity index is 1.42. The van der Waals surface area contributed by atoms with E-state index in [1.807, 2.05) is 11.9 Å². The van der Waals surface area contributed by atoms with Crippen molar-refractivity contribution in [3.63, 3.8) is 0 Å². The lowest BCUT2D eigenvalue weighted by Crippen LogP contribution is -2.67. The van der Waals surface area contributed by atoms with Crippen molar-refractivity contribution in [1.82, 2.24) is 4.90 Å². The molecule has 0 aliphatic heterocycles. The lowest BCUT2D eigenvalue weighted by atomic mass is 9.31. The van der Waals surface area contributed by atoms with Crippen molar-refractivity contribution in [1.29, 1.82) is 0 Å². The molecule has 160 valence electrons. The van der Waals surface area contributed by atoms with Gasteiger partial charge in [-0.3, -0.25) is 9.59 Å². The number of nitrogens with zero attached hydrogens (tertiary/aromatic N) is 1. The van der Waals surface area contributed by atoms with Crippen LogP contribution in [0.1, 0.15) is 84.0 Å². The topological polar surface area (TPSA) is 57.6 Å². The molecular weight excluding hydrogens is 362 g/mol. The molecule has 0 aromatic heterocycles. The fourth-order valence-corrected chi connectivity index (χ4v) is 10.8. The maximum atomic E-state index is 13.6. The van der Waals surface area contributed by atoms with Gasteiger partial charge in [0, 0.05) is 13.6 Å². The number of carbonyl (C=O) groups is 2. The summed E-state index contributed by atoms with van der Waals surface area (Å²) in [5, 5.41) is 10.3. The molecule has 4 heteroatoms. The summed E-state index contributed by atoms with van der Waals surface area (Å²) in [5.41, 5.74) is -0.164. The third kappa shape index (κ3) is 2.27. The van der Waals surface area contributed by atoms with Crippen molar-refractivity contribution in [3.05, 3.63) is 0 Å². The van der Waals surface area contributed by atoms with Gasteiger partial charge in [-0.2, -0.15) is 0 Å². The van der Waals surface area contributed by atoms with Crippen LogP contribution >= 0.6 is 0 Å². The molecule has 0 aromatic carbocycles. The number of carboxylic acids is 1. The van der Waals surface area contributed by atoms with Gasteiger partial charge in [0.15, 0.2) is 0 Å². The molecule has 1 amide bonds. The monoisotopic (exact) mass is 399 g/mol. The van der Waals surface area contributed by atoms with Gasteiger partial charge >= 0.3 is 5.97 Å². The summed E-state index contributed by atoms with van der Waals surface area (Å²) in [5.74, 6) is 2.50. The molecule has 8 saturated carbocycles. The fraction of sp³-hybridized carbons (Fsp3) is 0.920. The summed E-state index contributed by atoms with van der Waals surface area (Å²) in [4.78, 5) is 28.0. The minimum absolute atomic E-state index is 0.144. The predicted octanol–water partition coefficient (Wildman–Crippen LogP) is 4.72. The Morgan fingerprint density at radius 1 is 0.793 bits per heavy atom. The quantitative estimate of drug-likeness (QED) is 0.744. The van der Waals surface area contributed by atoms with Gasteiger partial charge in [0.1, 0.15) is 0 Å². The van der Waals surface area contributed by atoms with E-state index in [1.54, 1.807) is 0 Å². The van der Waals surface area contributed by atoms with Crippen LogP contribution in [0.3, 0.4) is 0 Å². The molecule has 0 saturated heterocycles. The number of aliphatic carboxylic acids is 1. The van der Waals surface area contributed by atoms with Gasteiger partial charge in [-0.05, 0) is 118 Å². The highest BCUT2D eigenvalue weighted by atomic mass is 16.4. The summed E-state index contributed by atoms with van der Waals surface area (Å²) >= 11 is 0. The van der Waals surface area contributed by atoms with E-state index in [4.69, 9.17) is 0 Å². The largest absolute Gasteiger partial charge is 0.481 e. The van der Waals surface area contributed by atoms with E-state index in [0.29, 0.717) is 29.6 Å². The van der Waals surface area contributed by atoms with Gasteiger partial charge < -0.3 is 10.0 Å². The lowest BCUT2D eigenvalue weighted by molar-refractivity contribution is -0.240. The number of rotatable bonds is 4. The molecule has 0 spiro atoms. The smallest absolute Gasteiger partial charge is 0.309 e. The third-order valence-corrected chi connectivity index (χ3v) is 11.0. The second-order valence-corrected chi connectivity index (χ2v) is 12.7. The molecule has 0 radical (unpaired) electrons. The summed E-state index contributed by atoms with van der Waals surface area (Å²) < 4.78 is 0. The minimum Gasteiger partial charge on any atom is -0.481 e. The average Bonchev–Trinajstić information content (AvgIpc) is 2.64. The Kier molecular flexibility index (Phi) is 3.60. The molecule has 4 unspecified atom stereocenters. The van der Waals surface area contributed by atoms with Gasteiger partial charge in [0.25, 0.3) is 0 Å². The second kappa shape index (κ2) is 5.59. The number of hydrogen-bond donors (Lipinski definition) is 1. The lowest BCUT2D eigenvalue weighted by Gasteiger charge is -2.73. The molecule has 1 N–H and O–H groups in total. The normalized spacial score (nSPS) is 54.0. The van der Waals surface area contributed by atoms with Crippen LogP contribution in [0.2, 0.25) is 0 Å². The van der Waals surface area contributed by atoms with E-state index in [-0.39, 0.29) is 16.2 Å². The van der Waals surface area contributed by atoms with Crippen LogP contribution < -0.4 is 0 Å². The molecule has 8 aliphatic carbocycles. The third-order valence-electron chi connectivity index (χ3n) is 11.0. The van der Waals surface area contributed by atoms with E-state index in [9.17, 15) is 14.7 Å². The molecule has 8 rings (SSSR count). The summed E-state index contributed by atoms with van der Waals surface area (Å²) in [6, 6.07) is 0. The Bertz CT molecular complexity index is 744. The van der Waals surface area contributed by atoms with E-state index >= 15 is 0 Å². The first-order valence-electron chi connectivity index (χ1n) is 12.2. The molecular formula is C25H37NO3. The Morgan fingerprint density at radius 2 is 1.21 bits per heavy atom. The summed E-state index contributed by atoms with van der Waals surface area (Å²) in [6.07, 6.45) is 13.7. The van der Waals surface area contributed by atoms with E-state index in [0.717, 1.165) is 45.1 Å². The van der Waals surface area contributed by atoms with E-state index < -0.39 is 11.4 Å². The van der Waals surface area contributed by atoms with Gasteiger partial charge in [-0.15, -0.1) is 0 Å². The first-order valence-corrected chi connectivity index (χ1v) is 12.2. The van der Waals surface area contributed by atoms with Gasteiger partial charge in [-0.25, -0.2) is 0 Å². The maximum Gasteiger partial charge on any atom is 0.309 e. The highest BCUT2D eigenvalue weighted by Gasteiger charge is 2.72. The van der Waals surface area contributed by atoms with Crippen LogP contribution in [0.4, 0.5) is 0 Å². The summed E-state index contributed by atoms with van der Waals surface area (Å²) in [6.45, 7) is 2.88. The zero-order chi connectivity index (χ0) is 20.2. The van der Waals surface area contributed by atoms with Crippen LogP contribution in [0.15, 0.2) is 0 Å². The molecule has 8 bridgehead atoms. The van der Waals surface area contributed by atoms with E-state index in [2.05, 4.69) is 6.92 Å². The Hall–Kier alpha value is -1.06. The number of amides is 1. The van der Waals surface area contributed by atoms with Crippen LogP contribution in [0.5, 0.6) is 0 Å². The zero-order valence-electron chi connectivity index (χ0n) is 18.2. The van der Waals surface area contributed by atoms with Crippen molar-refractivity contribution >= 4 is 11.9 Å². The average molecular weight is 400 g/mol. The molecule has 8 aliphatic rings. The molecule has 4 nitrogen and oxygen atoms in total. The fourth-order valence-electron chi connectivity index (χ4n) is 10.8. The van der Waals surface area contributed by atoms with Crippen molar-refractivity contribution in [2.24, 2.45) is 45.3 Å². The predicted molar refractivity (Wildman–Crippen MR) is 110 cm³/mol. The molecule has 0 aromatic rings. The van der Waals surface area contributed by atoms with Crippen molar-refractivity contribution in [2.75, 3.05) is 13.6 Å². The Labute approximate surface area is 174 Å². The van der Waals surface area contributed by atoms with Crippen molar-refractivity contribution < 1.29 is 14.7 Å². The first-order chi connectivity index (χ1) is 13.7. The highest BCUT2D eigenvalue weighted by Crippen LogP contribution is 2.78. The van der Waals surface area contributed by atoms with Crippen molar-refractivity contribution in [2.45, 2.75) is 84.0 Å². The maximum absolute atomic E-state index is 13.6. The molecule has 8 fully saturated rings. The first kappa shape index (κ1) is 18.7. The SMILES string of the molecule is CCN(C)C(=O)C12CC3CC(C1)CC(C14CC5CC(CC(C(=O)O)(C5)C1)C4)(C3)C2. The molecule has 4 atom stereocenters. The van der Waals surface area contributed by atoms with Crippen LogP contribution in [-0.4, -0.2) is 35.5 Å². The second-order valence-electron chi connectivity index (χ2n) is 12.7. The van der Waals surface area contributed by atoms with Crippen LogP contribution in [0, 0.1) is 45.3 Å². The van der Waals surface area contributed by atoms with Crippen molar-refractivity contribution in [3.8, 4) is 0 Å². The number of hydrogen-bond acceptors (Lipinski definition) is 2. The highest BCUT2D eigenvalue weighted by molar-refractivity contribution is 5.83. The van der Waals surface area contributed by atoms with Gasteiger partial charge in [0.2, 0.25) is 5.91 Å². The Morgan fingerprint density at radius 3 is 1.62 bits per heavy atom.